The van der Waals surface area contributed by atoms with E-state index < -0.39 is 0 Å². The molecule has 3 aromatic rings. The summed E-state index contributed by atoms with van der Waals surface area (Å²) in [6.07, 6.45) is 2.14. The molecule has 0 spiro atoms. The zero-order valence-electron chi connectivity index (χ0n) is 18.8. The number of hydrogen-bond donors (Lipinski definition) is 0. The summed E-state index contributed by atoms with van der Waals surface area (Å²) >= 11 is 0. The SMILES string of the molecule is COC[C@H](C)n1cc(C)c2nc(-c3ccc(C(C)C)nc3N(C)C)c(OC)cc21. The normalized spacial score (nSPS) is 12.6. The first-order valence-electron chi connectivity index (χ1n) is 10.0. The van der Waals surface area contributed by atoms with Crippen molar-refractivity contribution in [1.29, 1.82) is 0 Å². The number of aryl methyl sites for hydroxylation is 1. The van der Waals surface area contributed by atoms with E-state index in [-0.39, 0.29) is 6.04 Å². The lowest BCUT2D eigenvalue weighted by Crippen LogP contribution is -2.14. The number of methoxy groups -OCH3 is 2. The monoisotopic (exact) mass is 396 g/mol. The molecule has 3 aromatic heterocycles. The third-order valence-electron chi connectivity index (χ3n) is 5.22. The molecule has 0 radical (unpaired) electrons. The summed E-state index contributed by atoms with van der Waals surface area (Å²) in [5.41, 5.74) is 5.99. The second kappa shape index (κ2) is 8.41. The van der Waals surface area contributed by atoms with Gasteiger partial charge < -0.3 is 18.9 Å². The van der Waals surface area contributed by atoms with Gasteiger partial charge >= 0.3 is 0 Å². The molecule has 0 aliphatic carbocycles. The Morgan fingerprint density at radius 3 is 2.41 bits per heavy atom. The van der Waals surface area contributed by atoms with Crippen molar-refractivity contribution in [2.24, 2.45) is 0 Å². The molecule has 29 heavy (non-hydrogen) atoms. The van der Waals surface area contributed by atoms with E-state index in [1.165, 1.54) is 0 Å². The lowest BCUT2D eigenvalue weighted by Gasteiger charge is -2.20. The number of fused-ring (bicyclic) bond motifs is 1. The molecular formula is C23H32N4O2. The minimum Gasteiger partial charge on any atom is -0.494 e. The molecule has 3 rings (SSSR count). The standard InChI is InChI=1S/C23H32N4O2/c1-14(2)18-10-9-17(23(24-18)26(5)6)22-20(29-8)11-19-21(25-22)15(3)12-27(19)16(4)13-28-7/h9-12,14,16H,13H2,1-8H3/t16-/m0/s1. The summed E-state index contributed by atoms with van der Waals surface area (Å²) < 4.78 is 13.3. The second-order valence-corrected chi connectivity index (χ2v) is 8.09. The van der Waals surface area contributed by atoms with E-state index >= 15 is 0 Å². The first-order valence-corrected chi connectivity index (χ1v) is 10.0. The minimum atomic E-state index is 0.206. The van der Waals surface area contributed by atoms with Crippen LogP contribution in [0.25, 0.3) is 22.3 Å². The average Bonchev–Trinajstić information content (AvgIpc) is 3.02. The van der Waals surface area contributed by atoms with Crippen LogP contribution < -0.4 is 9.64 Å². The van der Waals surface area contributed by atoms with Crippen molar-refractivity contribution >= 4 is 16.9 Å². The van der Waals surface area contributed by atoms with E-state index in [2.05, 4.69) is 56.7 Å². The van der Waals surface area contributed by atoms with Gasteiger partial charge in [0, 0.05) is 44.7 Å². The highest BCUT2D eigenvalue weighted by molar-refractivity contribution is 5.88. The molecule has 0 aliphatic rings. The van der Waals surface area contributed by atoms with Gasteiger partial charge in [0.05, 0.1) is 30.8 Å². The maximum absolute atomic E-state index is 5.77. The number of nitrogens with zero attached hydrogens (tertiary/aromatic N) is 4. The van der Waals surface area contributed by atoms with Crippen LogP contribution in [0.3, 0.4) is 0 Å². The van der Waals surface area contributed by atoms with Crippen molar-refractivity contribution in [3.8, 4) is 17.0 Å². The van der Waals surface area contributed by atoms with E-state index in [0.717, 1.165) is 45.1 Å². The van der Waals surface area contributed by atoms with Crippen molar-refractivity contribution in [2.45, 2.75) is 39.7 Å². The van der Waals surface area contributed by atoms with Crippen LogP contribution in [0.5, 0.6) is 5.75 Å². The van der Waals surface area contributed by atoms with Crippen LogP contribution in [0.2, 0.25) is 0 Å². The fourth-order valence-corrected chi connectivity index (χ4v) is 3.66. The fraction of sp³-hybridized carbons (Fsp3) is 0.478. The molecule has 156 valence electrons. The summed E-state index contributed by atoms with van der Waals surface area (Å²) in [5.74, 6) is 1.99. The molecule has 6 nitrogen and oxygen atoms in total. The minimum absolute atomic E-state index is 0.206. The van der Waals surface area contributed by atoms with Crippen LogP contribution in [0.15, 0.2) is 24.4 Å². The lowest BCUT2D eigenvalue weighted by atomic mass is 10.1. The Labute approximate surface area is 173 Å². The highest BCUT2D eigenvalue weighted by Gasteiger charge is 2.20. The average molecular weight is 397 g/mol. The predicted molar refractivity (Wildman–Crippen MR) is 119 cm³/mol. The van der Waals surface area contributed by atoms with Gasteiger partial charge in [-0.15, -0.1) is 0 Å². The number of anilines is 1. The molecule has 0 unspecified atom stereocenters. The summed E-state index contributed by atoms with van der Waals surface area (Å²) in [5, 5.41) is 0. The maximum atomic E-state index is 5.77. The van der Waals surface area contributed by atoms with Crippen LogP contribution in [0.1, 0.15) is 44.0 Å². The number of pyridine rings is 2. The van der Waals surface area contributed by atoms with Crippen LogP contribution in [0.4, 0.5) is 5.82 Å². The van der Waals surface area contributed by atoms with E-state index in [0.29, 0.717) is 12.5 Å². The lowest BCUT2D eigenvalue weighted by molar-refractivity contribution is 0.164. The Morgan fingerprint density at radius 2 is 1.83 bits per heavy atom. The van der Waals surface area contributed by atoms with E-state index in [1.807, 2.05) is 19.0 Å². The first-order chi connectivity index (χ1) is 13.8. The Morgan fingerprint density at radius 1 is 1.10 bits per heavy atom. The second-order valence-electron chi connectivity index (χ2n) is 8.09. The van der Waals surface area contributed by atoms with Gasteiger partial charge in [0.25, 0.3) is 0 Å². The van der Waals surface area contributed by atoms with Gasteiger partial charge in [0.2, 0.25) is 0 Å². The largest absolute Gasteiger partial charge is 0.494 e. The highest BCUT2D eigenvalue weighted by atomic mass is 16.5. The number of ether oxygens (including phenoxy) is 2. The van der Waals surface area contributed by atoms with Crippen molar-refractivity contribution < 1.29 is 9.47 Å². The molecule has 0 bridgehead atoms. The Kier molecular flexibility index (Phi) is 6.13. The molecule has 0 N–H and O–H groups in total. The van der Waals surface area contributed by atoms with Crippen LogP contribution in [0, 0.1) is 6.92 Å². The molecule has 0 saturated heterocycles. The molecular weight excluding hydrogens is 364 g/mol. The molecule has 0 aromatic carbocycles. The molecule has 3 heterocycles. The Balaban J connectivity index is 2.24. The van der Waals surface area contributed by atoms with E-state index in [1.54, 1.807) is 14.2 Å². The molecule has 0 saturated carbocycles. The first kappa shape index (κ1) is 21.1. The third-order valence-corrected chi connectivity index (χ3v) is 5.22. The van der Waals surface area contributed by atoms with Crippen LogP contribution in [-0.2, 0) is 4.74 Å². The maximum Gasteiger partial charge on any atom is 0.147 e. The topological polar surface area (TPSA) is 52.4 Å². The van der Waals surface area contributed by atoms with Gasteiger partial charge in [-0.05, 0) is 37.5 Å². The van der Waals surface area contributed by atoms with Crippen molar-refractivity contribution in [2.75, 3.05) is 39.8 Å². The molecule has 0 fully saturated rings. The van der Waals surface area contributed by atoms with Crippen molar-refractivity contribution in [1.82, 2.24) is 14.5 Å². The number of aromatic nitrogens is 3. The zero-order chi connectivity index (χ0) is 21.3. The van der Waals surface area contributed by atoms with Crippen molar-refractivity contribution in [3.63, 3.8) is 0 Å². The number of hydrogen-bond acceptors (Lipinski definition) is 5. The molecule has 0 amide bonds. The van der Waals surface area contributed by atoms with Crippen LogP contribution >= 0.6 is 0 Å². The predicted octanol–water partition coefficient (Wildman–Crippen LogP) is 4.81. The Hall–Kier alpha value is -2.60. The summed E-state index contributed by atoms with van der Waals surface area (Å²) in [7, 11) is 7.43. The Bertz CT molecular complexity index is 1010. The van der Waals surface area contributed by atoms with E-state index in [9.17, 15) is 0 Å². The molecule has 0 aliphatic heterocycles. The summed E-state index contributed by atoms with van der Waals surface area (Å²) in [6, 6.07) is 6.47. The summed E-state index contributed by atoms with van der Waals surface area (Å²) in [6.45, 7) is 9.17. The zero-order valence-corrected chi connectivity index (χ0v) is 18.8. The van der Waals surface area contributed by atoms with Gasteiger partial charge in [-0.25, -0.2) is 9.97 Å². The van der Waals surface area contributed by atoms with Gasteiger partial charge in [0.15, 0.2) is 0 Å². The van der Waals surface area contributed by atoms with Gasteiger partial charge in [-0.3, -0.25) is 0 Å². The van der Waals surface area contributed by atoms with Crippen molar-refractivity contribution in [3.05, 3.63) is 35.7 Å². The molecule has 6 heteroatoms. The van der Waals surface area contributed by atoms with Gasteiger partial charge in [0.1, 0.15) is 17.3 Å². The third kappa shape index (κ3) is 3.94. The smallest absolute Gasteiger partial charge is 0.147 e. The van der Waals surface area contributed by atoms with Gasteiger partial charge in [-0.2, -0.15) is 0 Å². The van der Waals surface area contributed by atoms with Gasteiger partial charge in [-0.1, -0.05) is 13.8 Å². The summed E-state index contributed by atoms with van der Waals surface area (Å²) in [4.78, 5) is 12.0. The van der Waals surface area contributed by atoms with Crippen LogP contribution in [-0.4, -0.2) is 49.5 Å². The van der Waals surface area contributed by atoms with E-state index in [4.69, 9.17) is 19.4 Å². The number of rotatable bonds is 7. The molecule has 1 atom stereocenters. The highest BCUT2D eigenvalue weighted by Crippen LogP contribution is 2.38. The quantitative estimate of drug-likeness (QED) is 0.573. The fourth-order valence-electron chi connectivity index (χ4n) is 3.66.